The molecule has 0 saturated carbocycles. The van der Waals surface area contributed by atoms with E-state index >= 15 is 0 Å². The molecule has 0 radical (unpaired) electrons. The van der Waals surface area contributed by atoms with E-state index in [2.05, 4.69) is 27.7 Å². The van der Waals surface area contributed by atoms with Gasteiger partial charge in [0, 0.05) is 48.4 Å². The lowest BCUT2D eigenvalue weighted by Crippen LogP contribution is -2.34. The summed E-state index contributed by atoms with van der Waals surface area (Å²) in [4.78, 5) is 27.0. The van der Waals surface area contributed by atoms with Gasteiger partial charge in [0.05, 0.1) is 7.11 Å². The van der Waals surface area contributed by atoms with Crippen molar-refractivity contribution in [3.8, 4) is 11.5 Å². The number of hydrogen-bond donors (Lipinski definition) is 2. The Morgan fingerprint density at radius 3 is 2.45 bits per heavy atom. The number of benzene rings is 2. The van der Waals surface area contributed by atoms with Gasteiger partial charge in [0.1, 0.15) is 0 Å². The molecule has 8 heteroatoms. The standard InChI is InChI=1S/C25H33N3O4S/c1-18(2)26-24(29)17-32-22-9-6-20(16-23(22)31-3)25(30)27-21-7-4-19(5-8-21)10-11-28-12-14-33-15-13-28/h4-9,16,18H,10-15,17H2,1-3H3,(H,26,29)(H,27,30). The lowest BCUT2D eigenvalue weighted by molar-refractivity contribution is -0.123. The predicted octanol–water partition coefficient (Wildman–Crippen LogP) is 3.44. The Bertz CT molecular complexity index is 928. The lowest BCUT2D eigenvalue weighted by atomic mass is 10.1. The first-order chi connectivity index (χ1) is 15.9. The Hall–Kier alpha value is -2.71. The molecule has 0 unspecified atom stereocenters. The van der Waals surface area contributed by atoms with Crippen LogP contribution in [0.25, 0.3) is 0 Å². The zero-order valence-electron chi connectivity index (χ0n) is 19.6. The summed E-state index contributed by atoms with van der Waals surface area (Å²) >= 11 is 2.02. The van der Waals surface area contributed by atoms with Gasteiger partial charge in [-0.3, -0.25) is 9.59 Å². The second-order valence-corrected chi connectivity index (χ2v) is 9.46. The Morgan fingerprint density at radius 1 is 1.06 bits per heavy atom. The highest BCUT2D eigenvalue weighted by atomic mass is 32.2. The second kappa shape index (κ2) is 12.5. The molecule has 0 aliphatic carbocycles. The van der Waals surface area contributed by atoms with Crippen LogP contribution >= 0.6 is 11.8 Å². The van der Waals surface area contributed by atoms with Crippen molar-refractivity contribution in [1.82, 2.24) is 10.2 Å². The molecule has 7 nitrogen and oxygen atoms in total. The van der Waals surface area contributed by atoms with Crippen molar-refractivity contribution in [3.05, 3.63) is 53.6 Å². The van der Waals surface area contributed by atoms with Crippen LogP contribution in [0.4, 0.5) is 5.69 Å². The first kappa shape index (κ1) is 24.9. The molecule has 1 aliphatic rings. The Balaban J connectivity index is 1.54. The topological polar surface area (TPSA) is 79.9 Å². The van der Waals surface area contributed by atoms with Gasteiger partial charge in [-0.25, -0.2) is 0 Å². The molecule has 2 aromatic rings. The number of hydrogen-bond acceptors (Lipinski definition) is 6. The Labute approximate surface area is 200 Å². The van der Waals surface area contributed by atoms with Crippen molar-refractivity contribution in [3.63, 3.8) is 0 Å². The maximum atomic E-state index is 12.7. The van der Waals surface area contributed by atoms with E-state index in [1.54, 1.807) is 18.2 Å². The summed E-state index contributed by atoms with van der Waals surface area (Å²) in [6, 6.07) is 12.9. The summed E-state index contributed by atoms with van der Waals surface area (Å²) < 4.78 is 10.9. The monoisotopic (exact) mass is 471 g/mol. The average molecular weight is 472 g/mol. The van der Waals surface area contributed by atoms with Crippen LogP contribution in [-0.2, 0) is 11.2 Å². The van der Waals surface area contributed by atoms with Crippen molar-refractivity contribution >= 4 is 29.3 Å². The first-order valence-electron chi connectivity index (χ1n) is 11.2. The number of carbonyl (C=O) groups is 2. The molecule has 2 N–H and O–H groups in total. The molecule has 3 rings (SSSR count). The number of carbonyl (C=O) groups excluding carboxylic acids is 2. The molecule has 1 aliphatic heterocycles. The van der Waals surface area contributed by atoms with Crippen LogP contribution in [0.15, 0.2) is 42.5 Å². The highest BCUT2D eigenvalue weighted by Gasteiger charge is 2.14. The van der Waals surface area contributed by atoms with Gasteiger partial charge in [-0.05, 0) is 56.2 Å². The van der Waals surface area contributed by atoms with Crippen LogP contribution in [0.2, 0.25) is 0 Å². The fraction of sp³-hybridized carbons (Fsp3) is 0.440. The first-order valence-corrected chi connectivity index (χ1v) is 12.4. The van der Waals surface area contributed by atoms with Crippen LogP contribution in [0, 0.1) is 0 Å². The van der Waals surface area contributed by atoms with Crippen molar-refractivity contribution in [2.24, 2.45) is 0 Å². The molecule has 0 spiro atoms. The largest absolute Gasteiger partial charge is 0.493 e. The number of rotatable bonds is 10. The molecular weight excluding hydrogens is 438 g/mol. The number of nitrogens with one attached hydrogen (secondary N) is 2. The number of anilines is 1. The third-order valence-corrected chi connectivity index (χ3v) is 6.21. The minimum absolute atomic E-state index is 0.0389. The maximum Gasteiger partial charge on any atom is 0.258 e. The summed E-state index contributed by atoms with van der Waals surface area (Å²) in [5.41, 5.74) is 2.44. The molecule has 1 saturated heterocycles. The summed E-state index contributed by atoms with van der Waals surface area (Å²) in [6.45, 7) is 7.04. The van der Waals surface area contributed by atoms with E-state index in [1.807, 2.05) is 37.7 Å². The van der Waals surface area contributed by atoms with Gasteiger partial charge in [0.15, 0.2) is 18.1 Å². The molecule has 2 amide bonds. The fourth-order valence-corrected chi connectivity index (χ4v) is 4.48. The quantitative estimate of drug-likeness (QED) is 0.553. The minimum atomic E-state index is -0.240. The normalized spacial score (nSPS) is 14.1. The van der Waals surface area contributed by atoms with Crippen LogP contribution in [-0.4, -0.2) is 67.6 Å². The van der Waals surface area contributed by atoms with E-state index in [9.17, 15) is 9.59 Å². The van der Waals surface area contributed by atoms with Gasteiger partial charge in [0.2, 0.25) is 0 Å². The number of methoxy groups -OCH3 is 1. The van der Waals surface area contributed by atoms with Crippen LogP contribution in [0.3, 0.4) is 0 Å². The third kappa shape index (κ3) is 7.98. The molecule has 0 atom stereocenters. The molecule has 0 aromatic heterocycles. The average Bonchev–Trinajstić information content (AvgIpc) is 2.82. The summed E-state index contributed by atoms with van der Waals surface area (Å²) in [5, 5.41) is 5.68. The summed E-state index contributed by atoms with van der Waals surface area (Å²) in [6.07, 6.45) is 1.01. The smallest absolute Gasteiger partial charge is 0.258 e. The van der Waals surface area contributed by atoms with Gasteiger partial charge in [-0.15, -0.1) is 0 Å². The van der Waals surface area contributed by atoms with E-state index in [1.165, 1.54) is 24.2 Å². The van der Waals surface area contributed by atoms with Gasteiger partial charge >= 0.3 is 0 Å². The number of nitrogens with zero attached hydrogens (tertiary/aromatic N) is 1. The third-order valence-electron chi connectivity index (χ3n) is 5.27. The SMILES string of the molecule is COc1cc(C(=O)Nc2ccc(CCN3CCSCC3)cc2)ccc1OCC(=O)NC(C)C. The lowest BCUT2D eigenvalue weighted by Gasteiger charge is -2.26. The van der Waals surface area contributed by atoms with Crippen LogP contribution < -0.4 is 20.1 Å². The Morgan fingerprint density at radius 2 is 1.79 bits per heavy atom. The number of thioether (sulfide) groups is 1. The molecular formula is C25H33N3O4S. The zero-order chi connectivity index (χ0) is 23.6. The van der Waals surface area contributed by atoms with E-state index in [-0.39, 0.29) is 24.5 Å². The molecule has 1 heterocycles. The maximum absolute atomic E-state index is 12.7. The molecule has 1 fully saturated rings. The van der Waals surface area contributed by atoms with E-state index in [0.717, 1.165) is 31.7 Å². The van der Waals surface area contributed by atoms with E-state index in [4.69, 9.17) is 9.47 Å². The summed E-state index contributed by atoms with van der Waals surface area (Å²) in [7, 11) is 1.50. The zero-order valence-corrected chi connectivity index (χ0v) is 20.4. The van der Waals surface area contributed by atoms with Gasteiger partial charge < -0.3 is 25.0 Å². The molecule has 33 heavy (non-hydrogen) atoms. The summed E-state index contributed by atoms with van der Waals surface area (Å²) in [5.74, 6) is 2.78. The fourth-order valence-electron chi connectivity index (χ4n) is 3.51. The van der Waals surface area contributed by atoms with Gasteiger partial charge in [0.25, 0.3) is 11.8 Å². The number of amides is 2. The van der Waals surface area contributed by atoms with E-state index < -0.39 is 0 Å². The molecule has 178 valence electrons. The van der Waals surface area contributed by atoms with Crippen LogP contribution in [0.1, 0.15) is 29.8 Å². The van der Waals surface area contributed by atoms with Gasteiger partial charge in [-0.1, -0.05) is 12.1 Å². The Kier molecular flexibility index (Phi) is 9.45. The van der Waals surface area contributed by atoms with Crippen molar-refractivity contribution in [2.75, 3.05) is 50.2 Å². The van der Waals surface area contributed by atoms with E-state index in [0.29, 0.717) is 17.1 Å². The van der Waals surface area contributed by atoms with Gasteiger partial charge in [-0.2, -0.15) is 11.8 Å². The minimum Gasteiger partial charge on any atom is -0.493 e. The van der Waals surface area contributed by atoms with Crippen molar-refractivity contribution < 1.29 is 19.1 Å². The number of ether oxygens (including phenoxy) is 2. The highest BCUT2D eigenvalue weighted by Crippen LogP contribution is 2.28. The molecule has 0 bridgehead atoms. The van der Waals surface area contributed by atoms with Crippen LogP contribution in [0.5, 0.6) is 11.5 Å². The molecule has 2 aromatic carbocycles. The predicted molar refractivity (Wildman–Crippen MR) is 134 cm³/mol. The highest BCUT2D eigenvalue weighted by molar-refractivity contribution is 7.99. The van der Waals surface area contributed by atoms with Crippen molar-refractivity contribution in [1.29, 1.82) is 0 Å². The van der Waals surface area contributed by atoms with Crippen molar-refractivity contribution in [2.45, 2.75) is 26.3 Å². The second-order valence-electron chi connectivity index (χ2n) is 8.23.